The smallest absolute Gasteiger partial charge is 0.265 e. The Balaban J connectivity index is 3.06. The van der Waals surface area contributed by atoms with E-state index in [1.807, 2.05) is 13.8 Å². The molecule has 0 spiro atoms. The highest BCUT2D eigenvalue weighted by atomic mass is 35.7. The van der Waals surface area contributed by atoms with Gasteiger partial charge in [-0.2, -0.15) is 0 Å². The molecule has 0 aliphatic rings. The van der Waals surface area contributed by atoms with Crippen molar-refractivity contribution in [1.82, 2.24) is 4.90 Å². The molecule has 1 aromatic rings. The van der Waals surface area contributed by atoms with Gasteiger partial charge in [-0.15, -0.1) is 0 Å². The minimum atomic E-state index is -4.02. The summed E-state index contributed by atoms with van der Waals surface area (Å²) in [6.45, 7) is 6.35. The third-order valence-corrected chi connectivity index (χ3v) is 4.47. The summed E-state index contributed by atoms with van der Waals surface area (Å²) in [6.07, 6.45) is -0.830. The van der Waals surface area contributed by atoms with Crippen molar-refractivity contribution < 1.29 is 17.9 Å². The van der Waals surface area contributed by atoms with Gasteiger partial charge < -0.3 is 9.64 Å². The minimum Gasteiger partial charge on any atom is -0.479 e. The molecule has 1 atom stereocenters. The van der Waals surface area contributed by atoms with Gasteiger partial charge in [0.2, 0.25) is 0 Å². The van der Waals surface area contributed by atoms with E-state index in [9.17, 15) is 13.2 Å². The van der Waals surface area contributed by atoms with E-state index in [-0.39, 0.29) is 21.6 Å². The number of amides is 1. The lowest BCUT2D eigenvalue weighted by molar-refractivity contribution is -0.137. The van der Waals surface area contributed by atoms with Gasteiger partial charge in [0.15, 0.2) is 6.10 Å². The van der Waals surface area contributed by atoms with Crippen LogP contribution in [0.3, 0.4) is 0 Å². The van der Waals surface area contributed by atoms with Crippen molar-refractivity contribution in [3.05, 3.63) is 23.2 Å². The van der Waals surface area contributed by atoms with Crippen molar-refractivity contribution in [2.45, 2.75) is 31.8 Å². The SMILES string of the molecule is CCN(CC)C(=O)C(C)Oc1ccc(Cl)cc1S(=O)(=O)Cl. The summed E-state index contributed by atoms with van der Waals surface area (Å²) in [6, 6.07) is 4.04. The summed E-state index contributed by atoms with van der Waals surface area (Å²) < 4.78 is 28.5. The highest BCUT2D eigenvalue weighted by molar-refractivity contribution is 8.13. The predicted molar refractivity (Wildman–Crippen MR) is 82.5 cm³/mol. The molecule has 118 valence electrons. The average molecular weight is 354 g/mol. The second-order valence-corrected chi connectivity index (χ2v) is 7.27. The van der Waals surface area contributed by atoms with Crippen LogP contribution in [0.5, 0.6) is 5.75 Å². The van der Waals surface area contributed by atoms with Gasteiger partial charge in [0.05, 0.1) is 0 Å². The first-order valence-corrected chi connectivity index (χ1v) is 9.09. The molecule has 8 heteroatoms. The van der Waals surface area contributed by atoms with E-state index < -0.39 is 15.2 Å². The van der Waals surface area contributed by atoms with Crippen molar-refractivity contribution in [3.8, 4) is 5.75 Å². The predicted octanol–water partition coefficient (Wildman–Crippen LogP) is 2.90. The molecule has 1 aromatic carbocycles. The summed E-state index contributed by atoms with van der Waals surface area (Å²) in [7, 11) is 1.33. The Labute approximate surface area is 134 Å². The number of carbonyl (C=O) groups is 1. The highest BCUT2D eigenvalue weighted by Gasteiger charge is 2.24. The molecule has 0 aromatic heterocycles. The van der Waals surface area contributed by atoms with Crippen molar-refractivity contribution >= 4 is 37.2 Å². The van der Waals surface area contributed by atoms with Crippen LogP contribution in [0, 0.1) is 0 Å². The lowest BCUT2D eigenvalue weighted by Gasteiger charge is -2.23. The van der Waals surface area contributed by atoms with Gasteiger partial charge in [-0.25, -0.2) is 8.42 Å². The second kappa shape index (κ2) is 7.33. The van der Waals surface area contributed by atoms with Crippen LogP contribution in [-0.2, 0) is 13.8 Å². The summed E-state index contributed by atoms with van der Waals surface area (Å²) >= 11 is 5.76. The Hall–Kier alpha value is -0.980. The molecule has 0 saturated heterocycles. The average Bonchev–Trinajstić information content (AvgIpc) is 2.40. The zero-order valence-electron chi connectivity index (χ0n) is 12.0. The summed E-state index contributed by atoms with van der Waals surface area (Å²) in [5, 5.41) is 0.212. The quantitative estimate of drug-likeness (QED) is 0.737. The van der Waals surface area contributed by atoms with Crippen LogP contribution in [0.4, 0.5) is 0 Å². The molecule has 0 aliphatic carbocycles. The molecule has 0 saturated carbocycles. The van der Waals surface area contributed by atoms with Crippen molar-refractivity contribution in [1.29, 1.82) is 0 Å². The molecule has 1 unspecified atom stereocenters. The van der Waals surface area contributed by atoms with Gasteiger partial charge in [-0.1, -0.05) is 11.6 Å². The third-order valence-electron chi connectivity index (χ3n) is 2.90. The maximum atomic E-state index is 12.1. The molecule has 0 fully saturated rings. The molecule has 21 heavy (non-hydrogen) atoms. The Morgan fingerprint density at radius 3 is 2.38 bits per heavy atom. The van der Waals surface area contributed by atoms with E-state index in [4.69, 9.17) is 27.0 Å². The standard InChI is InChI=1S/C13H17Cl2NO4S/c1-4-16(5-2)13(17)9(3)20-11-7-6-10(14)8-12(11)21(15,18)19/h6-9H,4-5H2,1-3H3. The third kappa shape index (κ3) is 4.76. The molecule has 0 N–H and O–H groups in total. The zero-order valence-corrected chi connectivity index (χ0v) is 14.3. The molecule has 0 radical (unpaired) electrons. The topological polar surface area (TPSA) is 63.7 Å². The van der Waals surface area contributed by atoms with E-state index in [1.54, 1.807) is 11.8 Å². The fraction of sp³-hybridized carbons (Fsp3) is 0.462. The number of ether oxygens (including phenoxy) is 1. The summed E-state index contributed by atoms with van der Waals surface area (Å²) in [5.41, 5.74) is 0. The molecule has 0 heterocycles. The number of nitrogens with zero attached hydrogens (tertiary/aromatic N) is 1. The highest BCUT2D eigenvalue weighted by Crippen LogP contribution is 2.30. The summed E-state index contributed by atoms with van der Waals surface area (Å²) in [4.78, 5) is 13.5. The van der Waals surface area contributed by atoms with Crippen LogP contribution in [-0.4, -0.2) is 38.4 Å². The Morgan fingerprint density at radius 1 is 1.33 bits per heavy atom. The van der Waals surface area contributed by atoms with Crippen molar-refractivity contribution in [2.75, 3.05) is 13.1 Å². The first-order valence-electron chi connectivity index (χ1n) is 6.40. The van der Waals surface area contributed by atoms with Crippen LogP contribution >= 0.6 is 22.3 Å². The maximum absolute atomic E-state index is 12.1. The van der Waals surface area contributed by atoms with E-state index in [0.29, 0.717) is 13.1 Å². The molecule has 0 bridgehead atoms. The number of likely N-dealkylation sites (N-methyl/N-ethyl adjacent to an activating group) is 1. The number of benzene rings is 1. The van der Waals surface area contributed by atoms with Gasteiger partial charge in [0.25, 0.3) is 15.0 Å². The van der Waals surface area contributed by atoms with Crippen molar-refractivity contribution in [3.63, 3.8) is 0 Å². The van der Waals surface area contributed by atoms with Crippen LogP contribution in [0.25, 0.3) is 0 Å². The number of halogens is 2. The summed E-state index contributed by atoms with van der Waals surface area (Å²) in [5.74, 6) is -0.227. The minimum absolute atomic E-state index is 0.00223. The monoisotopic (exact) mass is 353 g/mol. The fourth-order valence-electron chi connectivity index (χ4n) is 1.80. The largest absolute Gasteiger partial charge is 0.479 e. The second-order valence-electron chi connectivity index (χ2n) is 4.30. The van der Waals surface area contributed by atoms with Crippen LogP contribution in [0.15, 0.2) is 23.1 Å². The number of carbonyl (C=O) groups excluding carboxylic acids is 1. The molecule has 1 amide bonds. The number of rotatable bonds is 6. The normalized spacial score (nSPS) is 12.8. The lowest BCUT2D eigenvalue weighted by Crippen LogP contribution is -2.40. The molecular formula is C13H17Cl2NO4S. The Bertz CT molecular complexity index is 615. The van der Waals surface area contributed by atoms with Gasteiger partial charge in [0.1, 0.15) is 10.6 Å². The number of hydrogen-bond acceptors (Lipinski definition) is 4. The Morgan fingerprint density at radius 2 is 1.90 bits per heavy atom. The number of hydrogen-bond donors (Lipinski definition) is 0. The molecule has 1 rings (SSSR count). The molecule has 0 aliphatic heterocycles. The molecule has 5 nitrogen and oxygen atoms in total. The fourth-order valence-corrected chi connectivity index (χ4v) is 3.03. The van der Waals surface area contributed by atoms with Crippen LogP contribution < -0.4 is 4.74 Å². The zero-order chi connectivity index (χ0) is 16.2. The van der Waals surface area contributed by atoms with E-state index in [0.717, 1.165) is 0 Å². The van der Waals surface area contributed by atoms with Crippen LogP contribution in [0.1, 0.15) is 20.8 Å². The van der Waals surface area contributed by atoms with Gasteiger partial charge >= 0.3 is 0 Å². The van der Waals surface area contributed by atoms with Crippen molar-refractivity contribution in [2.24, 2.45) is 0 Å². The van der Waals surface area contributed by atoms with E-state index in [1.165, 1.54) is 18.2 Å². The lowest BCUT2D eigenvalue weighted by atomic mass is 10.3. The van der Waals surface area contributed by atoms with Gasteiger partial charge in [-0.05, 0) is 39.0 Å². The van der Waals surface area contributed by atoms with Gasteiger partial charge in [-0.3, -0.25) is 4.79 Å². The maximum Gasteiger partial charge on any atom is 0.265 e. The van der Waals surface area contributed by atoms with E-state index >= 15 is 0 Å². The van der Waals surface area contributed by atoms with Gasteiger partial charge in [0, 0.05) is 28.8 Å². The van der Waals surface area contributed by atoms with Crippen LogP contribution in [0.2, 0.25) is 5.02 Å². The Kier molecular flexibility index (Phi) is 6.31. The first kappa shape index (κ1) is 18.1. The molecular weight excluding hydrogens is 337 g/mol. The first-order chi connectivity index (χ1) is 9.70. The van der Waals surface area contributed by atoms with E-state index in [2.05, 4.69) is 0 Å².